The normalized spacial score (nSPS) is 1.33. The maximum Gasteiger partial charge on any atom is 0 e. The minimum Gasteiger partial charge on any atom is -0.344 e. The molecule has 0 aliphatic heterocycles. The van der Waals surface area contributed by atoms with Crippen LogP contribution in [0, 0.1) is 0 Å². The van der Waals surface area contributed by atoms with Crippen LogP contribution < -0.4 is 6.15 Å². The van der Waals surface area contributed by atoms with E-state index in [2.05, 4.69) is 26.3 Å². The van der Waals surface area contributed by atoms with E-state index in [1.807, 2.05) is 0 Å². The van der Waals surface area contributed by atoms with Gasteiger partial charge in [0.05, 0.1) is 0 Å². The van der Waals surface area contributed by atoms with E-state index in [-0.39, 0.29) is 23.2 Å². The Bertz CT molecular complexity index is 9.51. The van der Waals surface area contributed by atoms with E-state index in [0.29, 0.717) is 0 Å². The quantitative estimate of drug-likeness (QED) is 0.392. The Morgan fingerprint density at radius 3 is 0.667 bits per heavy atom. The molecule has 0 unspecified atom stereocenters. The second-order valence-corrected chi connectivity index (χ2v) is 0. The van der Waals surface area contributed by atoms with Crippen LogP contribution in [0.15, 0.2) is 26.3 Å². The van der Waals surface area contributed by atoms with Gasteiger partial charge in [0.2, 0.25) is 0 Å². The molecule has 0 saturated heterocycles. The van der Waals surface area contributed by atoms with Crippen LogP contribution >= 0.6 is 0 Å². The van der Waals surface area contributed by atoms with Gasteiger partial charge in [0, 0.05) is 17.1 Å². The van der Waals surface area contributed by atoms with Crippen molar-refractivity contribution in [2.24, 2.45) is 0 Å². The Labute approximate surface area is 50.2 Å². The van der Waals surface area contributed by atoms with E-state index in [9.17, 15) is 0 Å². The van der Waals surface area contributed by atoms with Crippen molar-refractivity contribution in [3.63, 3.8) is 0 Å². The molecule has 0 atom stereocenters. The molecule has 0 bridgehead atoms. The third-order valence-corrected chi connectivity index (χ3v) is 0. The van der Waals surface area contributed by atoms with Crippen molar-refractivity contribution >= 4 is 0 Å². The number of hydrogen-bond donors (Lipinski definition) is 1. The zero-order valence-electron chi connectivity index (χ0n) is 3.89. The average Bonchev–Trinajstić information content (AvgIpc) is 1.50. The van der Waals surface area contributed by atoms with Crippen molar-refractivity contribution in [1.29, 1.82) is 0 Å². The van der Waals surface area contributed by atoms with Crippen molar-refractivity contribution in [2.75, 3.05) is 0 Å². The summed E-state index contributed by atoms with van der Waals surface area (Å²) < 4.78 is 0. The van der Waals surface area contributed by atoms with Crippen LogP contribution in [0.4, 0.5) is 0 Å². The fraction of sp³-hybridized carbons (Fsp3) is 0. The molecule has 0 aromatic heterocycles. The molecular formula is C4H11FeN. The summed E-state index contributed by atoms with van der Waals surface area (Å²) >= 11 is 0. The van der Waals surface area contributed by atoms with Gasteiger partial charge in [-0.25, -0.2) is 0 Å². The number of hydrogen-bond acceptors (Lipinski definition) is 1. The van der Waals surface area contributed by atoms with Gasteiger partial charge >= 0.3 is 0 Å². The van der Waals surface area contributed by atoms with E-state index in [1.165, 1.54) is 0 Å². The molecule has 6 heavy (non-hydrogen) atoms. The molecule has 1 nitrogen and oxygen atoms in total. The summed E-state index contributed by atoms with van der Waals surface area (Å²) in [4.78, 5) is 0. The van der Waals surface area contributed by atoms with E-state index in [1.54, 1.807) is 0 Å². The summed E-state index contributed by atoms with van der Waals surface area (Å²) in [5.74, 6) is 0. The molecule has 3 N–H and O–H groups in total. The standard InChI is InChI=1S/2C2H4.Fe.H3N/c2*1-2;;/h2*1-2H2;;1H3. The first-order chi connectivity index (χ1) is 2.00. The van der Waals surface area contributed by atoms with E-state index in [4.69, 9.17) is 0 Å². The van der Waals surface area contributed by atoms with Gasteiger partial charge in [-0.2, -0.15) is 0 Å². The molecule has 0 spiro atoms. The molecule has 0 rings (SSSR count). The summed E-state index contributed by atoms with van der Waals surface area (Å²) in [7, 11) is 0. The maximum absolute atomic E-state index is 3.00. The van der Waals surface area contributed by atoms with Crippen molar-refractivity contribution in [3.05, 3.63) is 26.3 Å². The van der Waals surface area contributed by atoms with Crippen LogP contribution in [0.2, 0.25) is 0 Å². The minimum atomic E-state index is 0. The molecule has 40 valence electrons. The number of rotatable bonds is 0. The maximum atomic E-state index is 3.00. The van der Waals surface area contributed by atoms with Crippen LogP contribution in [0.25, 0.3) is 0 Å². The first-order valence-corrected chi connectivity index (χ1v) is 1.000. The van der Waals surface area contributed by atoms with Crippen LogP contribution in [0.3, 0.4) is 0 Å². The SMILES string of the molecule is C=C.C=C.N.[Fe]. The fourth-order valence-corrected chi connectivity index (χ4v) is 0. The van der Waals surface area contributed by atoms with Gasteiger partial charge in [0.25, 0.3) is 0 Å². The van der Waals surface area contributed by atoms with Crippen molar-refractivity contribution in [2.45, 2.75) is 0 Å². The van der Waals surface area contributed by atoms with Gasteiger partial charge in [-0.3, -0.25) is 0 Å². The zero-order valence-corrected chi connectivity index (χ0v) is 4.99. The third-order valence-electron chi connectivity index (χ3n) is 0. The van der Waals surface area contributed by atoms with Crippen molar-refractivity contribution in [1.82, 2.24) is 6.15 Å². The minimum absolute atomic E-state index is 0. The van der Waals surface area contributed by atoms with E-state index in [0.717, 1.165) is 0 Å². The molecule has 0 amide bonds. The first kappa shape index (κ1) is 38.2. The molecule has 2 heteroatoms. The van der Waals surface area contributed by atoms with Gasteiger partial charge in [0.1, 0.15) is 0 Å². The Morgan fingerprint density at radius 1 is 0.667 bits per heavy atom. The largest absolute Gasteiger partial charge is 0.344 e. The van der Waals surface area contributed by atoms with Gasteiger partial charge in [-0.15, -0.1) is 26.3 Å². The van der Waals surface area contributed by atoms with Crippen LogP contribution in [-0.2, 0) is 17.1 Å². The van der Waals surface area contributed by atoms with Crippen molar-refractivity contribution < 1.29 is 17.1 Å². The molecule has 0 fully saturated rings. The molecule has 0 aromatic rings. The summed E-state index contributed by atoms with van der Waals surface area (Å²) in [5, 5.41) is 0. The Kier molecular flexibility index (Phi) is 301000. The molecule has 0 aliphatic carbocycles. The summed E-state index contributed by atoms with van der Waals surface area (Å²) in [5.41, 5.74) is 0. The van der Waals surface area contributed by atoms with E-state index < -0.39 is 0 Å². The molecule has 0 heterocycles. The van der Waals surface area contributed by atoms with Crippen LogP contribution in [0.1, 0.15) is 0 Å². The van der Waals surface area contributed by atoms with Crippen molar-refractivity contribution in [3.8, 4) is 0 Å². The third kappa shape index (κ3) is 21100. The zero-order chi connectivity index (χ0) is 4.00. The second kappa shape index (κ2) is 47400. The molecule has 0 aliphatic rings. The predicted molar refractivity (Wildman–Crippen MR) is 27.5 cm³/mol. The fourth-order valence-electron chi connectivity index (χ4n) is 0. The first-order valence-electron chi connectivity index (χ1n) is 1.000. The van der Waals surface area contributed by atoms with Gasteiger partial charge in [-0.05, 0) is 0 Å². The van der Waals surface area contributed by atoms with Crippen LogP contribution in [0.5, 0.6) is 0 Å². The second-order valence-electron chi connectivity index (χ2n) is 0. The van der Waals surface area contributed by atoms with Gasteiger partial charge in [0.15, 0.2) is 0 Å². The molecule has 0 radical (unpaired) electrons. The summed E-state index contributed by atoms with van der Waals surface area (Å²) in [6.07, 6.45) is 0. The summed E-state index contributed by atoms with van der Waals surface area (Å²) in [6.45, 7) is 12.0. The van der Waals surface area contributed by atoms with Crippen LogP contribution in [-0.4, -0.2) is 0 Å². The Morgan fingerprint density at radius 2 is 0.667 bits per heavy atom. The Hall–Kier alpha value is -0.0405. The molecule has 0 saturated carbocycles. The van der Waals surface area contributed by atoms with Gasteiger partial charge in [-0.1, -0.05) is 0 Å². The smallest absolute Gasteiger partial charge is 0 e. The predicted octanol–water partition coefficient (Wildman–Crippen LogP) is 1.76. The van der Waals surface area contributed by atoms with Gasteiger partial charge < -0.3 is 6.15 Å². The molecule has 0 aromatic carbocycles. The molecular weight excluding hydrogens is 118 g/mol. The summed E-state index contributed by atoms with van der Waals surface area (Å²) in [6, 6.07) is 0. The average molecular weight is 129 g/mol. The topological polar surface area (TPSA) is 35.0 Å². The Balaban J connectivity index is -0.00000000500. The van der Waals surface area contributed by atoms with E-state index >= 15 is 0 Å². The monoisotopic (exact) mass is 129 g/mol.